The van der Waals surface area contributed by atoms with Gasteiger partial charge in [-0.05, 0) is 56.6 Å². The van der Waals surface area contributed by atoms with E-state index >= 15 is 0 Å². The van der Waals surface area contributed by atoms with Gasteiger partial charge in [0.1, 0.15) is 11.9 Å². The van der Waals surface area contributed by atoms with Crippen LogP contribution in [0.3, 0.4) is 0 Å². The van der Waals surface area contributed by atoms with Crippen molar-refractivity contribution in [3.8, 4) is 6.07 Å². The molecule has 1 fully saturated rings. The van der Waals surface area contributed by atoms with Crippen LogP contribution in [0.1, 0.15) is 41.6 Å². The first-order chi connectivity index (χ1) is 12.7. The lowest BCUT2D eigenvalue weighted by molar-refractivity contribution is 0.349. The van der Waals surface area contributed by atoms with E-state index in [0.29, 0.717) is 23.6 Å². The van der Waals surface area contributed by atoms with E-state index in [1.165, 1.54) is 11.3 Å². The summed E-state index contributed by atoms with van der Waals surface area (Å²) in [6.45, 7) is 4.26. The van der Waals surface area contributed by atoms with Gasteiger partial charge in [-0.15, -0.1) is 0 Å². The zero-order valence-electron chi connectivity index (χ0n) is 15.1. The first-order valence-electron chi connectivity index (χ1n) is 9.34. The Morgan fingerprint density at radius 2 is 2.12 bits per heavy atom. The largest absolute Gasteiger partial charge is 0.355 e. The number of aromatic nitrogens is 3. The van der Waals surface area contributed by atoms with Gasteiger partial charge in [0, 0.05) is 37.1 Å². The molecule has 0 amide bonds. The van der Waals surface area contributed by atoms with E-state index in [1.807, 2.05) is 6.07 Å². The second-order valence-corrected chi connectivity index (χ2v) is 7.40. The van der Waals surface area contributed by atoms with E-state index < -0.39 is 0 Å². The molecule has 2 aromatic heterocycles. The van der Waals surface area contributed by atoms with Crippen LogP contribution in [0.2, 0.25) is 0 Å². The molecule has 26 heavy (non-hydrogen) atoms. The standard InChI is InChI=1S/C20H23N5O/c1-14-11-22-13-25(20(14)26)12-15-5-7-24(8-6-15)19-17(10-21)9-16-3-2-4-18(16)23-19/h9,11,13,15H,2-8,12H2,1H3. The van der Waals surface area contributed by atoms with Gasteiger partial charge in [-0.25, -0.2) is 9.97 Å². The van der Waals surface area contributed by atoms with E-state index in [-0.39, 0.29) is 5.56 Å². The van der Waals surface area contributed by atoms with Gasteiger partial charge in [-0.1, -0.05) is 0 Å². The maximum Gasteiger partial charge on any atom is 0.256 e. The van der Waals surface area contributed by atoms with Crippen molar-refractivity contribution in [2.45, 2.75) is 45.6 Å². The molecule has 3 heterocycles. The third-order valence-corrected chi connectivity index (χ3v) is 5.59. The number of fused-ring (bicyclic) bond motifs is 1. The summed E-state index contributed by atoms with van der Waals surface area (Å²) in [6, 6.07) is 4.37. The topological polar surface area (TPSA) is 74.8 Å². The first-order valence-corrected chi connectivity index (χ1v) is 9.34. The summed E-state index contributed by atoms with van der Waals surface area (Å²) >= 11 is 0. The third-order valence-electron chi connectivity index (χ3n) is 5.59. The molecule has 0 radical (unpaired) electrons. The highest BCUT2D eigenvalue weighted by molar-refractivity contribution is 5.57. The molecule has 0 unspecified atom stereocenters. The van der Waals surface area contributed by atoms with Crippen molar-refractivity contribution in [2.24, 2.45) is 5.92 Å². The molecule has 134 valence electrons. The van der Waals surface area contributed by atoms with Gasteiger partial charge in [0.25, 0.3) is 5.56 Å². The Morgan fingerprint density at radius 1 is 1.31 bits per heavy atom. The number of hydrogen-bond donors (Lipinski definition) is 0. The Kier molecular flexibility index (Phi) is 4.46. The van der Waals surface area contributed by atoms with Gasteiger partial charge in [-0.3, -0.25) is 9.36 Å². The molecule has 2 aromatic rings. The average Bonchev–Trinajstić information content (AvgIpc) is 3.12. The van der Waals surface area contributed by atoms with Crippen molar-refractivity contribution >= 4 is 5.82 Å². The normalized spacial score (nSPS) is 17.2. The summed E-state index contributed by atoms with van der Waals surface area (Å²) in [6.07, 6.45) is 8.43. The zero-order valence-corrected chi connectivity index (χ0v) is 15.1. The minimum Gasteiger partial charge on any atom is -0.355 e. The van der Waals surface area contributed by atoms with Crippen LogP contribution in [-0.4, -0.2) is 27.6 Å². The van der Waals surface area contributed by atoms with E-state index in [4.69, 9.17) is 4.98 Å². The molecule has 0 saturated carbocycles. The molecule has 0 bridgehead atoms. The van der Waals surface area contributed by atoms with Crippen molar-refractivity contribution < 1.29 is 0 Å². The van der Waals surface area contributed by atoms with E-state index in [0.717, 1.165) is 51.0 Å². The highest BCUT2D eigenvalue weighted by atomic mass is 16.1. The average molecular weight is 349 g/mol. The minimum absolute atomic E-state index is 0.0504. The number of nitrogens with zero attached hydrogens (tertiary/aromatic N) is 5. The zero-order chi connectivity index (χ0) is 18.1. The van der Waals surface area contributed by atoms with Gasteiger partial charge in [-0.2, -0.15) is 5.26 Å². The van der Waals surface area contributed by atoms with Crippen molar-refractivity contribution in [1.29, 1.82) is 5.26 Å². The number of pyridine rings is 1. The predicted molar refractivity (Wildman–Crippen MR) is 99.1 cm³/mol. The molecule has 0 spiro atoms. The van der Waals surface area contributed by atoms with E-state index in [1.54, 1.807) is 24.0 Å². The van der Waals surface area contributed by atoms with Gasteiger partial charge < -0.3 is 4.90 Å². The van der Waals surface area contributed by atoms with Crippen LogP contribution < -0.4 is 10.5 Å². The first kappa shape index (κ1) is 16.8. The van der Waals surface area contributed by atoms with Crippen molar-refractivity contribution in [3.63, 3.8) is 0 Å². The maximum absolute atomic E-state index is 12.2. The number of nitriles is 1. The van der Waals surface area contributed by atoms with Crippen LogP contribution in [0.4, 0.5) is 5.82 Å². The van der Waals surface area contributed by atoms with Crippen LogP contribution in [0.15, 0.2) is 23.4 Å². The van der Waals surface area contributed by atoms with Crippen molar-refractivity contribution in [3.05, 3.63) is 51.3 Å². The van der Waals surface area contributed by atoms with Crippen LogP contribution in [0, 0.1) is 24.2 Å². The van der Waals surface area contributed by atoms with Crippen LogP contribution in [0.25, 0.3) is 0 Å². The molecule has 0 atom stereocenters. The second kappa shape index (κ2) is 6.91. The molecular weight excluding hydrogens is 326 g/mol. The van der Waals surface area contributed by atoms with Crippen LogP contribution >= 0.6 is 0 Å². The molecule has 2 aliphatic rings. The molecule has 0 aromatic carbocycles. The Morgan fingerprint density at radius 3 is 2.88 bits per heavy atom. The van der Waals surface area contributed by atoms with E-state index in [9.17, 15) is 10.1 Å². The van der Waals surface area contributed by atoms with Gasteiger partial charge >= 0.3 is 0 Å². The molecule has 6 heteroatoms. The Balaban J connectivity index is 1.47. The SMILES string of the molecule is Cc1cncn(CC2CCN(c3nc4c(cc3C#N)CCC4)CC2)c1=O. The molecule has 1 aliphatic carbocycles. The fraction of sp³-hybridized carbons (Fsp3) is 0.500. The van der Waals surface area contributed by atoms with Crippen molar-refractivity contribution in [2.75, 3.05) is 18.0 Å². The lowest BCUT2D eigenvalue weighted by Gasteiger charge is -2.33. The number of anilines is 1. The van der Waals surface area contributed by atoms with Gasteiger partial charge in [0.15, 0.2) is 0 Å². The summed E-state index contributed by atoms with van der Waals surface area (Å²) in [5.41, 5.74) is 3.84. The van der Waals surface area contributed by atoms with Crippen molar-refractivity contribution in [1.82, 2.24) is 14.5 Å². The molecule has 0 N–H and O–H groups in total. The number of rotatable bonds is 3. The quantitative estimate of drug-likeness (QED) is 0.849. The maximum atomic E-state index is 12.2. The second-order valence-electron chi connectivity index (χ2n) is 7.40. The lowest BCUT2D eigenvalue weighted by Crippen LogP contribution is -2.37. The highest BCUT2D eigenvalue weighted by Gasteiger charge is 2.25. The number of hydrogen-bond acceptors (Lipinski definition) is 5. The number of piperidine rings is 1. The summed E-state index contributed by atoms with van der Waals surface area (Å²) in [4.78, 5) is 23.4. The molecule has 6 nitrogen and oxygen atoms in total. The van der Waals surface area contributed by atoms with Crippen LogP contribution in [0.5, 0.6) is 0 Å². The summed E-state index contributed by atoms with van der Waals surface area (Å²) in [7, 11) is 0. The smallest absolute Gasteiger partial charge is 0.256 e. The third kappa shape index (κ3) is 3.10. The van der Waals surface area contributed by atoms with Gasteiger partial charge in [0.2, 0.25) is 0 Å². The Hall–Kier alpha value is -2.68. The summed E-state index contributed by atoms with van der Waals surface area (Å²) in [5.74, 6) is 1.30. The summed E-state index contributed by atoms with van der Waals surface area (Å²) < 4.78 is 1.73. The predicted octanol–water partition coefficient (Wildman–Crippen LogP) is 2.22. The van der Waals surface area contributed by atoms with Gasteiger partial charge in [0.05, 0.1) is 11.9 Å². The van der Waals surface area contributed by atoms with Crippen LogP contribution in [-0.2, 0) is 19.4 Å². The monoisotopic (exact) mass is 349 g/mol. The molecular formula is C20H23N5O. The molecule has 1 saturated heterocycles. The lowest BCUT2D eigenvalue weighted by atomic mass is 9.96. The molecule has 1 aliphatic heterocycles. The fourth-order valence-corrected chi connectivity index (χ4v) is 4.08. The minimum atomic E-state index is 0.0504. The number of aryl methyl sites for hydroxylation is 3. The molecule has 4 rings (SSSR count). The Labute approximate surface area is 153 Å². The van der Waals surface area contributed by atoms with E-state index in [2.05, 4.69) is 16.0 Å². The fourth-order valence-electron chi connectivity index (χ4n) is 4.08. The summed E-state index contributed by atoms with van der Waals surface area (Å²) in [5, 5.41) is 9.52. The highest BCUT2D eigenvalue weighted by Crippen LogP contribution is 2.30. The Bertz CT molecular complexity index is 919.